The number of benzene rings is 1. The molecule has 0 spiro atoms. The molecule has 36 nitrogen and oxygen atoms in total. The highest BCUT2D eigenvalue weighted by atomic mass is 16.6. The third-order valence-electron chi connectivity index (χ3n) is 24.3. The largest absolute Gasteiger partial charge is 0.460 e. The van der Waals surface area contributed by atoms with Gasteiger partial charge >= 0.3 is 12.1 Å². The molecule has 0 unspecified atom stereocenters. The first-order valence-corrected chi connectivity index (χ1v) is 44.7. The van der Waals surface area contributed by atoms with E-state index in [1.165, 1.54) is 18.3 Å². The number of anilines is 2. The third-order valence-corrected chi connectivity index (χ3v) is 24.3. The van der Waals surface area contributed by atoms with Crippen LogP contribution in [0.25, 0.3) is 33.4 Å². The van der Waals surface area contributed by atoms with Crippen LogP contribution in [-0.4, -0.2) is 303 Å². The second kappa shape index (κ2) is 51.0. The van der Waals surface area contributed by atoms with E-state index in [0.717, 1.165) is 22.4 Å². The number of carbonyl (C=O) groups excluding carboxylic acids is 6. The highest BCUT2D eigenvalue weighted by molar-refractivity contribution is 6.39. The highest BCUT2D eigenvalue weighted by Crippen LogP contribution is 2.40. The summed E-state index contributed by atoms with van der Waals surface area (Å²) in [5.74, 6) is -7.12. The summed E-state index contributed by atoms with van der Waals surface area (Å²) in [6, 6.07) is 4.33. The summed E-state index contributed by atoms with van der Waals surface area (Å²) in [6.45, 7) is 19.9. The monoisotopic (exact) mass is 1780 g/mol. The number of aliphatic hydroxyl groups excluding tert-OH is 2. The lowest BCUT2D eigenvalue weighted by molar-refractivity contribution is -0.265. The van der Waals surface area contributed by atoms with Gasteiger partial charge in [-0.2, -0.15) is 10.1 Å². The van der Waals surface area contributed by atoms with Gasteiger partial charge in [-0.05, 0) is 125 Å². The summed E-state index contributed by atoms with van der Waals surface area (Å²) in [5.41, 5.74) is 18.1. The molecular formula is C91H134N12O24. The van der Waals surface area contributed by atoms with Crippen LogP contribution < -0.4 is 16.8 Å². The van der Waals surface area contributed by atoms with Crippen LogP contribution in [0.5, 0.6) is 0 Å². The summed E-state index contributed by atoms with van der Waals surface area (Å²) >= 11 is 0. The number of allylic oxidation sites excluding steroid dienone is 5. The molecule has 4 aliphatic heterocycles. The fourth-order valence-electron chi connectivity index (χ4n) is 17.0. The number of ether oxygens (including phenoxy) is 14. The van der Waals surface area contributed by atoms with Crippen LogP contribution in [-0.2, 0) is 110 Å². The van der Waals surface area contributed by atoms with E-state index in [1.54, 1.807) is 62.9 Å². The van der Waals surface area contributed by atoms with Crippen LogP contribution in [0.2, 0.25) is 0 Å². The van der Waals surface area contributed by atoms with Gasteiger partial charge < -0.3 is 113 Å². The van der Waals surface area contributed by atoms with Crippen molar-refractivity contribution in [3.63, 3.8) is 0 Å². The maximum Gasteiger partial charge on any atom is 0.407 e. The van der Waals surface area contributed by atoms with Gasteiger partial charge in [0.25, 0.3) is 17.7 Å². The van der Waals surface area contributed by atoms with Crippen molar-refractivity contribution in [1.82, 2.24) is 49.8 Å². The molecule has 8 N–H and O–H groups in total. The van der Waals surface area contributed by atoms with E-state index in [1.807, 2.05) is 70.2 Å². The minimum Gasteiger partial charge on any atom is -0.460 e. The number of Topliss-reactive ketones (excluding diaryl/α,β-unsaturated/α-hetero) is 2. The highest BCUT2D eigenvalue weighted by Gasteiger charge is 2.53. The first kappa shape index (κ1) is 100. The number of carbonyl (C=O) groups is 6. The molecule has 1 saturated carbocycles. The minimum atomic E-state index is -2.47. The van der Waals surface area contributed by atoms with Gasteiger partial charge in [0.05, 0.1) is 148 Å². The van der Waals surface area contributed by atoms with E-state index in [9.17, 15) is 44.1 Å². The maximum absolute atomic E-state index is 14.8. The van der Waals surface area contributed by atoms with E-state index >= 15 is 0 Å². The number of fused-ring (bicyclic) bond motifs is 6. The SMILES string of the molecule is CO[C@H]1C[C@@H]2CC[C@@H](C)[C@@](O)(O2)C(=O)C(=O)N2CCCC[C@H]2C(=O)O[C@H]([C@H](C)C[C@@H]2CC[C@@H](OC(=O)NCCOCCOCCOCCOCCOCCOCCOCCOCCC(=O)N3CCc4nc(Cn5nc(-c6ccc7oc(N)nc7c6)c6c(N)ncnc65)ncc4C3)[C@H](OC)C2)C[C@@H](O)[C@H](C)/C=C(\C)[C@@H](O)[C@@H](OC)C(=O)[C@H](C)C[C@H](C)/C=C/C=C/C=C/1C. The number of aliphatic hydroxyl groups is 3. The fourth-order valence-corrected chi connectivity index (χ4v) is 17.0. The Labute approximate surface area is 743 Å². The molecule has 4 aromatic heterocycles. The number of amides is 3. The standard InChI is InChI=1S/C91H134N12O24/c1-57-16-12-11-13-17-58(2)74(113-8)51-67-22-19-63(7)91(112,127-67)84(108)87(109)102-28-15-14-18-70(102)88(110)124-75(52-71(104)59(3)47-62(6)82(107)83(115-10)81(106)61(5)46-57)60(4)48-64-20-23-73(76(49-64)114-9)126-90(111)94-27-31-117-33-35-119-37-39-121-41-43-123-45-44-122-42-40-120-38-36-118-34-32-116-30-26-78(105)101-29-25-68-66(54-101)53-95-77(98-68)55-103-86-79(85(92)96-56-97-86)80(100-103)65-21-24-72-69(50-65)99-89(93)125-72/h11-13,16-17,21,24,47,50,53,56-57,59-61,63-64,67,70-71,73-76,82-83,104,107,112H,14-15,18-20,22-23,25-46,48-49,51-52,54-55H2,1-10H3,(H2,93,99)(H,94,111)(H2,92,96,97)/b13-11+,16-12+,58-17+,62-47+/t57-,59-,60-,61-,63-,64+,67+,70+,71-,73-,74+,75+,76-,82-,83+,91-/m1/s1. The number of aromatic nitrogens is 7. The summed E-state index contributed by atoms with van der Waals surface area (Å²) in [7, 11) is 4.52. The number of piperidine rings is 1. The van der Waals surface area contributed by atoms with Gasteiger partial charge in [-0.15, -0.1) is 0 Å². The molecule has 702 valence electrons. The van der Waals surface area contributed by atoms with Crippen molar-refractivity contribution in [2.24, 2.45) is 35.5 Å². The Kier molecular flexibility index (Phi) is 40.4. The first-order chi connectivity index (χ1) is 61.3. The molecule has 10 rings (SSSR count). The van der Waals surface area contributed by atoms with E-state index in [4.69, 9.17) is 92.3 Å². The number of hydrogen-bond acceptors (Lipinski definition) is 32. The van der Waals surface area contributed by atoms with Gasteiger partial charge in [0, 0.05) is 102 Å². The molecule has 3 amide bonds. The third kappa shape index (κ3) is 29.4. The number of rotatable bonds is 37. The maximum atomic E-state index is 14.8. The fraction of sp³-hybridized carbons (Fsp3) is 0.670. The molecule has 1 aromatic carbocycles. The smallest absolute Gasteiger partial charge is 0.407 e. The number of cyclic esters (lactones) is 1. The van der Waals surface area contributed by atoms with Crippen molar-refractivity contribution in [3.8, 4) is 11.3 Å². The van der Waals surface area contributed by atoms with Crippen LogP contribution in [0, 0.1) is 35.5 Å². The van der Waals surface area contributed by atoms with Gasteiger partial charge in [0.1, 0.15) is 66.2 Å². The zero-order valence-electron chi connectivity index (χ0n) is 75.4. The predicted molar refractivity (Wildman–Crippen MR) is 467 cm³/mol. The van der Waals surface area contributed by atoms with Crippen molar-refractivity contribution < 1.29 is 115 Å². The minimum absolute atomic E-state index is 0.00340. The Hall–Kier alpha value is -8.70. The normalized spacial score (nSPS) is 27.6. The molecule has 5 aromatic rings. The zero-order chi connectivity index (χ0) is 90.9. The van der Waals surface area contributed by atoms with Gasteiger partial charge in [-0.1, -0.05) is 71.1 Å². The van der Waals surface area contributed by atoms with Gasteiger partial charge in [-0.3, -0.25) is 19.2 Å². The molecule has 2 saturated heterocycles. The van der Waals surface area contributed by atoms with Crippen molar-refractivity contribution in [2.45, 2.75) is 212 Å². The van der Waals surface area contributed by atoms with E-state index in [2.05, 4.69) is 25.3 Å². The van der Waals surface area contributed by atoms with Gasteiger partial charge in [0.15, 0.2) is 17.0 Å². The Morgan fingerprint density at radius 1 is 0.717 bits per heavy atom. The number of nitrogens with one attached hydrogen (secondary N) is 1. The van der Waals surface area contributed by atoms with E-state index in [-0.39, 0.29) is 99.8 Å². The summed E-state index contributed by atoms with van der Waals surface area (Å²) in [6.07, 6.45) is 12.9. The number of ketones is 2. The van der Waals surface area contributed by atoms with Crippen LogP contribution in [0.15, 0.2) is 82.7 Å². The average Bonchev–Trinajstić information content (AvgIpc) is 1.71. The lowest BCUT2D eigenvalue weighted by atomic mass is 9.78. The van der Waals surface area contributed by atoms with Crippen molar-refractivity contribution in [1.29, 1.82) is 0 Å². The summed E-state index contributed by atoms with van der Waals surface area (Å²) < 4.78 is 88.3. The number of nitrogens with zero attached hydrogens (tertiary/aromatic N) is 9. The molecule has 1 aliphatic carbocycles. The Morgan fingerprint density at radius 2 is 1.39 bits per heavy atom. The Balaban J connectivity index is 0.552. The quantitative estimate of drug-likeness (QED) is 0.00956. The Bertz CT molecular complexity index is 4470. The molecule has 127 heavy (non-hydrogen) atoms. The van der Waals surface area contributed by atoms with Gasteiger partial charge in [-0.25, -0.2) is 34.2 Å². The van der Waals surface area contributed by atoms with Crippen LogP contribution in [0.1, 0.15) is 149 Å². The molecule has 36 heteroatoms. The molecule has 16 atom stereocenters. The summed E-state index contributed by atoms with van der Waals surface area (Å²) in [4.78, 5) is 109. The van der Waals surface area contributed by atoms with Gasteiger partial charge in [0.2, 0.25) is 11.7 Å². The first-order valence-electron chi connectivity index (χ1n) is 44.7. The topological polar surface area (TPSA) is 458 Å². The number of nitrogen functional groups attached to an aromatic ring is 2. The molecule has 0 radical (unpaired) electrons. The van der Waals surface area contributed by atoms with E-state index < -0.39 is 102 Å². The van der Waals surface area contributed by atoms with E-state index in [0.29, 0.717) is 209 Å². The number of nitrogens with two attached hydrogens (primary N) is 2. The average molecular weight is 1780 g/mol. The predicted octanol–water partition coefficient (Wildman–Crippen LogP) is 7.76. The lowest BCUT2D eigenvalue weighted by Crippen LogP contribution is -2.61. The summed E-state index contributed by atoms with van der Waals surface area (Å²) in [5, 5.41) is 44.1. The molecule has 2 bridgehead atoms. The molecule has 5 aliphatic rings. The molecule has 8 heterocycles. The second-order valence-corrected chi connectivity index (χ2v) is 33.8. The van der Waals surface area contributed by atoms with Crippen LogP contribution in [0.4, 0.5) is 16.6 Å². The van der Waals surface area contributed by atoms with Crippen molar-refractivity contribution in [3.05, 3.63) is 95.4 Å². The van der Waals surface area contributed by atoms with Crippen LogP contribution >= 0.6 is 0 Å². The number of methoxy groups -OCH3 is 3. The molecule has 3 fully saturated rings. The number of alkyl carbamates (subject to hydrolysis) is 1. The van der Waals surface area contributed by atoms with Crippen molar-refractivity contribution in [2.75, 3.05) is 158 Å². The van der Waals surface area contributed by atoms with Crippen LogP contribution in [0.3, 0.4) is 0 Å². The van der Waals surface area contributed by atoms with Crippen molar-refractivity contribution >= 4 is 69.4 Å². The second-order valence-electron chi connectivity index (χ2n) is 33.8. The zero-order valence-corrected chi connectivity index (χ0v) is 75.4. The molecular weight excluding hydrogens is 1650 g/mol. The Morgan fingerprint density at radius 3 is 2.06 bits per heavy atom. The lowest BCUT2D eigenvalue weighted by Gasteiger charge is -2.43. The number of hydrogen-bond donors (Lipinski definition) is 6. The number of esters is 1. The number of oxazole rings is 1.